The molecular weight excluding hydrogens is 216 g/mol. The fraction of sp³-hybridized carbons (Fsp3) is 0.667. The van der Waals surface area contributed by atoms with E-state index in [1.54, 1.807) is 6.08 Å². The third-order valence-corrected chi connectivity index (χ3v) is 4.41. The number of hydrogen-bond acceptors (Lipinski definition) is 3. The lowest BCUT2D eigenvalue weighted by Gasteiger charge is -2.54. The smallest absolute Gasteiger partial charge is 0.346 e. The van der Waals surface area contributed by atoms with Gasteiger partial charge in [-0.25, -0.2) is 4.79 Å². The van der Waals surface area contributed by atoms with Gasteiger partial charge in [-0.1, -0.05) is 6.08 Å². The van der Waals surface area contributed by atoms with Gasteiger partial charge in [0.25, 0.3) is 0 Å². The van der Waals surface area contributed by atoms with Gasteiger partial charge in [0.1, 0.15) is 11.4 Å². The zero-order valence-electron chi connectivity index (χ0n) is 9.93. The molecule has 1 atom stereocenters. The first-order valence-corrected chi connectivity index (χ1v) is 6.18. The van der Waals surface area contributed by atoms with Crippen LogP contribution in [-0.2, 0) is 0 Å². The van der Waals surface area contributed by atoms with Crippen molar-refractivity contribution in [1.29, 1.82) is 0 Å². The highest BCUT2D eigenvalue weighted by atomic mass is 16.2. The normalized spacial score (nSPS) is 39.9. The van der Waals surface area contributed by atoms with Crippen LogP contribution in [-0.4, -0.2) is 53.4 Å². The number of carbonyl (C=O) groups is 1. The molecule has 2 bridgehead atoms. The van der Waals surface area contributed by atoms with Gasteiger partial charge >= 0.3 is 6.03 Å². The molecule has 4 aliphatic heterocycles. The number of amides is 2. The van der Waals surface area contributed by atoms with Crippen LogP contribution in [0.25, 0.3) is 0 Å². The standard InChI is InChI=1S/C12H18N4O/c1-2-5-16-11(17)14-10(13)12(16)8-15-6-3-9(12)4-7-15/h2,9H,1,3-8H2,(H2,13,14,17). The summed E-state index contributed by atoms with van der Waals surface area (Å²) in [5, 5.41) is 0. The van der Waals surface area contributed by atoms with Crippen molar-refractivity contribution < 1.29 is 4.79 Å². The molecule has 0 aliphatic carbocycles. The number of hydrogen-bond donors (Lipinski definition) is 1. The summed E-state index contributed by atoms with van der Waals surface area (Å²) in [5.74, 6) is 0.974. The molecule has 0 radical (unpaired) electrons. The number of piperidine rings is 3. The molecule has 4 rings (SSSR count). The average Bonchev–Trinajstić information content (AvgIpc) is 2.56. The zero-order valence-corrected chi connectivity index (χ0v) is 9.93. The largest absolute Gasteiger partial charge is 0.385 e. The summed E-state index contributed by atoms with van der Waals surface area (Å²) in [5.41, 5.74) is 5.72. The van der Waals surface area contributed by atoms with Gasteiger partial charge in [-0.3, -0.25) is 0 Å². The van der Waals surface area contributed by atoms with Crippen molar-refractivity contribution in [3.63, 3.8) is 0 Å². The highest BCUT2D eigenvalue weighted by Gasteiger charge is 2.57. The molecule has 5 heteroatoms. The minimum Gasteiger partial charge on any atom is -0.385 e. The van der Waals surface area contributed by atoms with Crippen molar-refractivity contribution >= 4 is 11.9 Å². The Hall–Kier alpha value is -1.36. The molecule has 2 amide bonds. The molecule has 17 heavy (non-hydrogen) atoms. The van der Waals surface area contributed by atoms with E-state index in [9.17, 15) is 4.79 Å². The first-order valence-electron chi connectivity index (χ1n) is 6.18. The van der Waals surface area contributed by atoms with Crippen LogP contribution in [0.2, 0.25) is 0 Å². The molecule has 1 unspecified atom stereocenters. The lowest BCUT2D eigenvalue weighted by atomic mass is 9.71. The van der Waals surface area contributed by atoms with E-state index in [0.717, 1.165) is 32.5 Å². The summed E-state index contributed by atoms with van der Waals surface area (Å²) < 4.78 is 0. The van der Waals surface area contributed by atoms with Crippen LogP contribution in [0.3, 0.4) is 0 Å². The van der Waals surface area contributed by atoms with E-state index in [1.165, 1.54) is 0 Å². The summed E-state index contributed by atoms with van der Waals surface area (Å²) in [6.07, 6.45) is 3.97. The van der Waals surface area contributed by atoms with Crippen molar-refractivity contribution in [3.8, 4) is 0 Å². The van der Waals surface area contributed by atoms with Crippen LogP contribution in [0, 0.1) is 5.92 Å². The maximum atomic E-state index is 11.9. The van der Waals surface area contributed by atoms with Crippen LogP contribution in [0.5, 0.6) is 0 Å². The highest BCUT2D eigenvalue weighted by Crippen LogP contribution is 2.42. The monoisotopic (exact) mass is 234 g/mol. The van der Waals surface area contributed by atoms with Crippen molar-refractivity contribution in [2.75, 3.05) is 26.2 Å². The van der Waals surface area contributed by atoms with Crippen molar-refractivity contribution in [2.24, 2.45) is 16.6 Å². The number of aliphatic imine (C=N–C) groups is 1. The minimum atomic E-state index is -0.345. The fourth-order valence-corrected chi connectivity index (χ4v) is 3.57. The second-order valence-corrected chi connectivity index (χ2v) is 5.15. The maximum Gasteiger partial charge on any atom is 0.346 e. The molecule has 3 fully saturated rings. The van der Waals surface area contributed by atoms with Crippen LogP contribution in [0.4, 0.5) is 4.79 Å². The Kier molecular flexibility index (Phi) is 2.26. The molecule has 5 nitrogen and oxygen atoms in total. The molecule has 0 saturated carbocycles. The van der Waals surface area contributed by atoms with Crippen molar-refractivity contribution in [3.05, 3.63) is 12.7 Å². The van der Waals surface area contributed by atoms with E-state index in [2.05, 4.69) is 16.5 Å². The minimum absolute atomic E-state index is 0.198. The van der Waals surface area contributed by atoms with Crippen LogP contribution in [0.15, 0.2) is 17.6 Å². The fourth-order valence-electron chi connectivity index (χ4n) is 3.57. The van der Waals surface area contributed by atoms with E-state index in [4.69, 9.17) is 5.73 Å². The Morgan fingerprint density at radius 1 is 1.53 bits per heavy atom. The Labute approximate surface area is 101 Å². The number of nitrogens with two attached hydrogens (primary N) is 1. The topological polar surface area (TPSA) is 61.9 Å². The van der Waals surface area contributed by atoms with E-state index in [0.29, 0.717) is 18.3 Å². The molecule has 1 spiro atoms. The summed E-state index contributed by atoms with van der Waals surface area (Å²) >= 11 is 0. The summed E-state index contributed by atoms with van der Waals surface area (Å²) in [4.78, 5) is 20.1. The lowest BCUT2D eigenvalue weighted by molar-refractivity contribution is -0.00100. The number of fused-ring (bicyclic) bond motifs is 2. The van der Waals surface area contributed by atoms with Gasteiger partial charge in [0, 0.05) is 13.1 Å². The van der Waals surface area contributed by atoms with Crippen LogP contribution in [0.1, 0.15) is 12.8 Å². The second-order valence-electron chi connectivity index (χ2n) is 5.15. The van der Waals surface area contributed by atoms with Crippen molar-refractivity contribution in [2.45, 2.75) is 18.4 Å². The predicted octanol–water partition coefficient (Wildman–Crippen LogP) is 0.430. The molecular formula is C12H18N4O. The van der Waals surface area contributed by atoms with E-state index in [-0.39, 0.29) is 11.6 Å². The molecule has 0 aromatic heterocycles. The molecule has 92 valence electrons. The third kappa shape index (κ3) is 1.29. The number of carbonyl (C=O) groups excluding carboxylic acids is 1. The Morgan fingerprint density at radius 3 is 2.76 bits per heavy atom. The maximum absolute atomic E-state index is 11.9. The molecule has 4 heterocycles. The summed E-state index contributed by atoms with van der Waals surface area (Å²) in [6, 6.07) is -0.198. The third-order valence-electron chi connectivity index (χ3n) is 4.41. The lowest BCUT2D eigenvalue weighted by Crippen LogP contribution is -2.70. The van der Waals surface area contributed by atoms with Gasteiger partial charge < -0.3 is 15.5 Å². The van der Waals surface area contributed by atoms with E-state index in [1.807, 2.05) is 4.90 Å². The van der Waals surface area contributed by atoms with E-state index < -0.39 is 0 Å². The Balaban J connectivity index is 2.01. The molecule has 0 aromatic rings. The second kappa shape index (κ2) is 3.57. The molecule has 4 aliphatic rings. The van der Waals surface area contributed by atoms with Crippen LogP contribution < -0.4 is 5.73 Å². The number of rotatable bonds is 2. The predicted molar refractivity (Wildman–Crippen MR) is 65.8 cm³/mol. The van der Waals surface area contributed by atoms with Gasteiger partial charge in [0.15, 0.2) is 0 Å². The van der Waals surface area contributed by atoms with E-state index >= 15 is 0 Å². The first-order chi connectivity index (χ1) is 8.18. The number of nitrogens with zero attached hydrogens (tertiary/aromatic N) is 3. The van der Waals surface area contributed by atoms with Crippen LogP contribution >= 0.6 is 0 Å². The quantitative estimate of drug-likeness (QED) is 0.705. The van der Waals surface area contributed by atoms with Gasteiger partial charge in [0.05, 0.1) is 0 Å². The highest BCUT2D eigenvalue weighted by molar-refractivity contribution is 6.06. The average molecular weight is 234 g/mol. The van der Waals surface area contributed by atoms with Gasteiger partial charge in [-0.2, -0.15) is 4.99 Å². The Bertz CT molecular complexity index is 397. The summed E-state index contributed by atoms with van der Waals surface area (Å²) in [6.45, 7) is 7.34. The summed E-state index contributed by atoms with van der Waals surface area (Å²) in [7, 11) is 0. The molecule has 0 aromatic carbocycles. The van der Waals surface area contributed by atoms with Gasteiger partial charge in [0.2, 0.25) is 0 Å². The number of amidine groups is 1. The number of urea groups is 1. The molecule has 3 saturated heterocycles. The molecule has 2 N–H and O–H groups in total. The van der Waals surface area contributed by atoms with Gasteiger partial charge in [-0.05, 0) is 31.8 Å². The zero-order chi connectivity index (χ0) is 12.0. The Morgan fingerprint density at radius 2 is 2.24 bits per heavy atom. The van der Waals surface area contributed by atoms with Crippen molar-refractivity contribution in [1.82, 2.24) is 9.80 Å². The first kappa shape index (κ1) is 10.8. The SMILES string of the molecule is C=CCN1C(=O)N=C(N)C12CN1CCC2CC1. The van der Waals surface area contributed by atoms with Gasteiger partial charge in [-0.15, -0.1) is 6.58 Å².